The molecule has 0 aliphatic carbocycles. The summed E-state index contributed by atoms with van der Waals surface area (Å²) in [5, 5.41) is 7.03. The Hall–Kier alpha value is -2.30. The fraction of sp³-hybridized carbons (Fsp3) is 0.231. The number of hydrogen-bond acceptors (Lipinski definition) is 4. The first-order chi connectivity index (χ1) is 8.66. The van der Waals surface area contributed by atoms with Gasteiger partial charge in [0.15, 0.2) is 0 Å². The third-order valence-corrected chi connectivity index (χ3v) is 2.58. The lowest BCUT2D eigenvalue weighted by molar-refractivity contribution is -0.118. The zero-order valence-corrected chi connectivity index (χ0v) is 10.2. The molecule has 0 fully saturated rings. The van der Waals surface area contributed by atoms with Gasteiger partial charge in [-0.1, -0.05) is 0 Å². The number of hydrogen-bond donors (Lipinski definition) is 3. The van der Waals surface area contributed by atoms with E-state index in [-0.39, 0.29) is 5.91 Å². The van der Waals surface area contributed by atoms with E-state index in [9.17, 15) is 4.79 Å². The molecule has 0 atom stereocenters. The average molecular weight is 244 g/mol. The molecule has 1 aromatic carbocycles. The predicted molar refractivity (Wildman–Crippen MR) is 73.3 cm³/mol. The zero-order chi connectivity index (χ0) is 13.0. The van der Waals surface area contributed by atoms with Gasteiger partial charge in [0.25, 0.3) is 0 Å². The largest absolute Gasteiger partial charge is 0.399 e. The molecule has 0 unspecified atom stereocenters. The van der Waals surface area contributed by atoms with E-state index < -0.39 is 0 Å². The smallest absolute Gasteiger partial charge is 0.216 e. The van der Waals surface area contributed by atoms with E-state index in [0.717, 1.165) is 16.6 Å². The summed E-state index contributed by atoms with van der Waals surface area (Å²) in [7, 11) is 0. The van der Waals surface area contributed by atoms with Gasteiger partial charge in [0, 0.05) is 43.0 Å². The fourth-order valence-electron chi connectivity index (χ4n) is 1.75. The molecule has 0 saturated heterocycles. The highest BCUT2D eigenvalue weighted by Gasteiger charge is 2.01. The van der Waals surface area contributed by atoms with Crippen molar-refractivity contribution in [2.75, 3.05) is 24.1 Å². The van der Waals surface area contributed by atoms with Gasteiger partial charge in [0.2, 0.25) is 5.91 Å². The quantitative estimate of drug-likeness (QED) is 0.560. The number of anilines is 2. The van der Waals surface area contributed by atoms with Crippen LogP contribution in [-0.2, 0) is 4.79 Å². The molecule has 94 valence electrons. The summed E-state index contributed by atoms with van der Waals surface area (Å²) in [6.45, 7) is 2.77. The molecule has 1 aromatic heterocycles. The summed E-state index contributed by atoms with van der Waals surface area (Å²) >= 11 is 0. The lowest BCUT2D eigenvalue weighted by Gasteiger charge is -2.09. The minimum atomic E-state index is -0.0239. The van der Waals surface area contributed by atoms with Gasteiger partial charge in [-0.2, -0.15) is 0 Å². The summed E-state index contributed by atoms with van der Waals surface area (Å²) < 4.78 is 0. The van der Waals surface area contributed by atoms with Gasteiger partial charge in [0.1, 0.15) is 0 Å². The van der Waals surface area contributed by atoms with E-state index in [1.807, 2.05) is 24.3 Å². The topological polar surface area (TPSA) is 80.0 Å². The van der Waals surface area contributed by atoms with Gasteiger partial charge < -0.3 is 16.4 Å². The summed E-state index contributed by atoms with van der Waals surface area (Å²) in [4.78, 5) is 15.0. The molecule has 4 N–H and O–H groups in total. The number of aromatic nitrogens is 1. The van der Waals surface area contributed by atoms with Crippen LogP contribution in [0, 0.1) is 0 Å². The molecule has 2 aromatic rings. The van der Waals surface area contributed by atoms with Crippen molar-refractivity contribution in [1.29, 1.82) is 0 Å². The molecule has 2 rings (SSSR count). The fourth-order valence-corrected chi connectivity index (χ4v) is 1.75. The molecule has 5 heteroatoms. The lowest BCUT2D eigenvalue weighted by Crippen LogP contribution is -2.26. The number of nitrogens with zero attached hydrogens (tertiary/aromatic N) is 1. The number of nitrogen functional groups attached to an aromatic ring is 1. The third-order valence-electron chi connectivity index (χ3n) is 2.58. The van der Waals surface area contributed by atoms with Crippen molar-refractivity contribution in [3.8, 4) is 0 Å². The zero-order valence-electron chi connectivity index (χ0n) is 10.2. The number of pyridine rings is 1. The molecule has 0 radical (unpaired) electrons. The molecular weight excluding hydrogens is 228 g/mol. The molecule has 0 spiro atoms. The van der Waals surface area contributed by atoms with Crippen molar-refractivity contribution in [3.63, 3.8) is 0 Å². The van der Waals surface area contributed by atoms with Crippen LogP contribution in [-0.4, -0.2) is 24.0 Å². The van der Waals surface area contributed by atoms with E-state index in [1.54, 1.807) is 6.20 Å². The van der Waals surface area contributed by atoms with Crippen LogP contribution < -0.4 is 16.4 Å². The number of carbonyl (C=O) groups excluding carboxylic acids is 1. The maximum absolute atomic E-state index is 10.7. The van der Waals surface area contributed by atoms with Crippen molar-refractivity contribution in [2.24, 2.45) is 0 Å². The van der Waals surface area contributed by atoms with Crippen LogP contribution in [0.2, 0.25) is 0 Å². The van der Waals surface area contributed by atoms with Gasteiger partial charge >= 0.3 is 0 Å². The lowest BCUT2D eigenvalue weighted by atomic mass is 10.1. The number of rotatable bonds is 4. The summed E-state index contributed by atoms with van der Waals surface area (Å²) in [6.07, 6.45) is 1.74. The summed E-state index contributed by atoms with van der Waals surface area (Å²) in [6, 6.07) is 7.54. The molecule has 1 amide bonds. The number of benzene rings is 1. The van der Waals surface area contributed by atoms with E-state index in [0.29, 0.717) is 18.8 Å². The second kappa shape index (κ2) is 5.35. The Kier molecular flexibility index (Phi) is 3.62. The normalized spacial score (nSPS) is 10.3. The van der Waals surface area contributed by atoms with Crippen molar-refractivity contribution in [2.45, 2.75) is 6.92 Å². The second-order valence-corrected chi connectivity index (χ2v) is 4.04. The first-order valence-electron chi connectivity index (χ1n) is 5.79. The Bertz CT molecular complexity index is 568. The van der Waals surface area contributed by atoms with E-state index in [1.165, 1.54) is 6.92 Å². The van der Waals surface area contributed by atoms with Crippen molar-refractivity contribution in [3.05, 3.63) is 30.5 Å². The summed E-state index contributed by atoms with van der Waals surface area (Å²) in [5.74, 6) is -0.0239. The minimum absolute atomic E-state index is 0.0239. The molecular formula is C13H16N4O. The number of amides is 1. The number of nitrogens with two attached hydrogens (primary N) is 1. The standard InChI is InChI=1S/C13H16N4O/c1-9(18)15-6-7-17-12-4-5-16-13-8-10(14)2-3-11(12)13/h2-5,8H,6-7,14H2,1H3,(H,15,18)(H,16,17). The maximum atomic E-state index is 10.7. The number of fused-ring (bicyclic) bond motifs is 1. The number of carbonyl (C=O) groups is 1. The van der Waals surface area contributed by atoms with Crippen LogP contribution >= 0.6 is 0 Å². The van der Waals surface area contributed by atoms with Gasteiger partial charge in [-0.05, 0) is 24.3 Å². The van der Waals surface area contributed by atoms with Crippen molar-refractivity contribution < 1.29 is 4.79 Å². The SMILES string of the molecule is CC(=O)NCCNc1ccnc2cc(N)ccc12. The van der Waals surface area contributed by atoms with Gasteiger partial charge in [-0.3, -0.25) is 9.78 Å². The maximum Gasteiger partial charge on any atom is 0.216 e. The Balaban J connectivity index is 2.11. The van der Waals surface area contributed by atoms with Crippen molar-refractivity contribution in [1.82, 2.24) is 10.3 Å². The Morgan fingerprint density at radius 1 is 1.33 bits per heavy atom. The minimum Gasteiger partial charge on any atom is -0.399 e. The molecule has 0 aliphatic rings. The average Bonchev–Trinajstić information content (AvgIpc) is 2.34. The Morgan fingerprint density at radius 2 is 2.17 bits per heavy atom. The van der Waals surface area contributed by atoms with E-state index >= 15 is 0 Å². The van der Waals surface area contributed by atoms with Crippen LogP contribution in [0.4, 0.5) is 11.4 Å². The van der Waals surface area contributed by atoms with Gasteiger partial charge in [0.05, 0.1) is 5.52 Å². The molecule has 0 bridgehead atoms. The first kappa shape index (κ1) is 12.2. The molecule has 1 heterocycles. The van der Waals surface area contributed by atoms with E-state index in [2.05, 4.69) is 15.6 Å². The highest BCUT2D eigenvalue weighted by atomic mass is 16.1. The first-order valence-corrected chi connectivity index (χ1v) is 5.79. The second-order valence-electron chi connectivity index (χ2n) is 4.04. The van der Waals surface area contributed by atoms with Gasteiger partial charge in [-0.15, -0.1) is 0 Å². The summed E-state index contributed by atoms with van der Waals surface area (Å²) in [5.41, 5.74) is 8.27. The Morgan fingerprint density at radius 3 is 2.94 bits per heavy atom. The molecule has 0 aliphatic heterocycles. The van der Waals surface area contributed by atoms with Crippen LogP contribution in [0.25, 0.3) is 10.9 Å². The highest BCUT2D eigenvalue weighted by Crippen LogP contribution is 2.22. The monoisotopic (exact) mass is 244 g/mol. The Labute approximate surface area is 105 Å². The van der Waals surface area contributed by atoms with Crippen LogP contribution in [0.3, 0.4) is 0 Å². The number of nitrogens with one attached hydrogen (secondary N) is 2. The predicted octanol–water partition coefficient (Wildman–Crippen LogP) is 1.36. The van der Waals surface area contributed by atoms with E-state index in [4.69, 9.17) is 5.73 Å². The molecule has 5 nitrogen and oxygen atoms in total. The van der Waals surface area contributed by atoms with Gasteiger partial charge in [-0.25, -0.2) is 0 Å². The van der Waals surface area contributed by atoms with Crippen LogP contribution in [0.1, 0.15) is 6.92 Å². The molecule has 0 saturated carbocycles. The van der Waals surface area contributed by atoms with Crippen LogP contribution in [0.15, 0.2) is 30.5 Å². The third kappa shape index (κ3) is 2.88. The highest BCUT2D eigenvalue weighted by molar-refractivity contribution is 5.92. The van der Waals surface area contributed by atoms with Crippen LogP contribution in [0.5, 0.6) is 0 Å². The molecule has 18 heavy (non-hydrogen) atoms. The van der Waals surface area contributed by atoms with Crippen molar-refractivity contribution >= 4 is 28.2 Å².